The molecule has 5 nitrogen and oxygen atoms in total. The van der Waals surface area contributed by atoms with E-state index in [0.29, 0.717) is 18.0 Å². The number of H-pyrrole nitrogens is 1. The summed E-state index contributed by atoms with van der Waals surface area (Å²) in [6.07, 6.45) is 0. The standard InChI is InChI=1S/C15H21N3O2S/c1-5-19-12-8-7-11(9-13(12)20-6-2)14-16-17-15(21)18(14)10(3)4/h7-10H,5-6H2,1-4H3,(H,17,21). The topological polar surface area (TPSA) is 52.1 Å². The molecule has 1 heterocycles. The van der Waals surface area contributed by atoms with Gasteiger partial charge in [-0.1, -0.05) is 0 Å². The first kappa shape index (κ1) is 15.6. The predicted molar refractivity (Wildman–Crippen MR) is 85.6 cm³/mol. The van der Waals surface area contributed by atoms with Crippen molar-refractivity contribution in [3.05, 3.63) is 23.0 Å². The third kappa shape index (κ3) is 3.26. The summed E-state index contributed by atoms with van der Waals surface area (Å²) in [5.41, 5.74) is 0.947. The predicted octanol–water partition coefficient (Wildman–Crippen LogP) is 3.99. The maximum atomic E-state index is 5.66. The van der Waals surface area contributed by atoms with E-state index in [2.05, 4.69) is 24.0 Å². The first-order valence-corrected chi connectivity index (χ1v) is 7.56. The van der Waals surface area contributed by atoms with Gasteiger partial charge in [-0.3, -0.25) is 9.67 Å². The quantitative estimate of drug-likeness (QED) is 0.820. The Morgan fingerprint density at radius 1 is 1.19 bits per heavy atom. The minimum absolute atomic E-state index is 0.230. The molecular weight excluding hydrogens is 286 g/mol. The molecule has 1 N–H and O–H groups in total. The van der Waals surface area contributed by atoms with Gasteiger partial charge in [0.2, 0.25) is 0 Å². The van der Waals surface area contributed by atoms with Crippen molar-refractivity contribution in [3.63, 3.8) is 0 Å². The Hall–Kier alpha value is -1.82. The second kappa shape index (κ2) is 6.76. The minimum Gasteiger partial charge on any atom is -0.490 e. The van der Waals surface area contributed by atoms with Crippen LogP contribution in [0.1, 0.15) is 33.7 Å². The zero-order chi connectivity index (χ0) is 15.4. The maximum Gasteiger partial charge on any atom is 0.195 e. The van der Waals surface area contributed by atoms with E-state index in [4.69, 9.17) is 21.7 Å². The number of aromatic amines is 1. The number of nitrogens with one attached hydrogen (secondary N) is 1. The molecule has 0 aliphatic carbocycles. The number of benzene rings is 1. The number of rotatable bonds is 6. The summed E-state index contributed by atoms with van der Waals surface area (Å²) in [7, 11) is 0. The molecule has 0 aliphatic heterocycles. The maximum absolute atomic E-state index is 5.66. The van der Waals surface area contributed by atoms with Crippen LogP contribution in [0.5, 0.6) is 11.5 Å². The van der Waals surface area contributed by atoms with Crippen LogP contribution in [0.4, 0.5) is 0 Å². The lowest BCUT2D eigenvalue weighted by molar-refractivity contribution is 0.288. The molecule has 114 valence electrons. The van der Waals surface area contributed by atoms with Crippen molar-refractivity contribution in [2.24, 2.45) is 0 Å². The van der Waals surface area contributed by atoms with Gasteiger partial charge in [0.15, 0.2) is 22.1 Å². The van der Waals surface area contributed by atoms with Crippen LogP contribution in [0.3, 0.4) is 0 Å². The molecule has 0 aliphatic rings. The van der Waals surface area contributed by atoms with Gasteiger partial charge in [0.25, 0.3) is 0 Å². The first-order chi connectivity index (χ1) is 10.1. The highest BCUT2D eigenvalue weighted by molar-refractivity contribution is 7.71. The van der Waals surface area contributed by atoms with Crippen LogP contribution in [-0.4, -0.2) is 28.0 Å². The van der Waals surface area contributed by atoms with Gasteiger partial charge in [0, 0.05) is 11.6 Å². The molecule has 0 atom stereocenters. The largest absolute Gasteiger partial charge is 0.490 e. The van der Waals surface area contributed by atoms with Crippen LogP contribution in [0, 0.1) is 4.77 Å². The molecule has 2 rings (SSSR count). The number of hydrogen-bond acceptors (Lipinski definition) is 4. The zero-order valence-electron chi connectivity index (χ0n) is 12.8. The summed E-state index contributed by atoms with van der Waals surface area (Å²) in [4.78, 5) is 0. The highest BCUT2D eigenvalue weighted by atomic mass is 32.1. The van der Waals surface area contributed by atoms with E-state index < -0.39 is 0 Å². The molecule has 2 aromatic rings. The second-order valence-corrected chi connectivity index (χ2v) is 5.23. The van der Waals surface area contributed by atoms with Gasteiger partial charge in [0.1, 0.15) is 0 Å². The third-order valence-corrected chi connectivity index (χ3v) is 3.31. The van der Waals surface area contributed by atoms with Gasteiger partial charge in [-0.2, -0.15) is 5.10 Å². The molecule has 1 aromatic carbocycles. The Labute approximate surface area is 129 Å². The number of ether oxygens (including phenoxy) is 2. The molecule has 1 aromatic heterocycles. The van der Waals surface area contributed by atoms with Crippen molar-refractivity contribution in [2.45, 2.75) is 33.7 Å². The van der Waals surface area contributed by atoms with Gasteiger partial charge in [-0.15, -0.1) is 0 Å². The van der Waals surface area contributed by atoms with Crippen molar-refractivity contribution >= 4 is 12.2 Å². The van der Waals surface area contributed by atoms with E-state index in [9.17, 15) is 0 Å². The summed E-state index contributed by atoms with van der Waals surface area (Å²) in [5.74, 6) is 2.27. The smallest absolute Gasteiger partial charge is 0.195 e. The Bertz CT molecular complexity index is 661. The molecule has 21 heavy (non-hydrogen) atoms. The van der Waals surface area contributed by atoms with Crippen molar-refractivity contribution < 1.29 is 9.47 Å². The van der Waals surface area contributed by atoms with E-state index in [-0.39, 0.29) is 6.04 Å². The fourth-order valence-corrected chi connectivity index (χ4v) is 2.52. The number of hydrogen-bond donors (Lipinski definition) is 1. The van der Waals surface area contributed by atoms with Gasteiger partial charge >= 0.3 is 0 Å². The Kier molecular flexibility index (Phi) is 5.01. The highest BCUT2D eigenvalue weighted by Crippen LogP contribution is 2.33. The normalized spacial score (nSPS) is 10.9. The fraction of sp³-hybridized carbons (Fsp3) is 0.467. The summed E-state index contributed by atoms with van der Waals surface area (Å²) >= 11 is 5.29. The SMILES string of the molecule is CCOc1ccc(-c2n[nH]c(=S)n2C(C)C)cc1OCC. The van der Waals surface area contributed by atoms with Crippen LogP contribution in [0.2, 0.25) is 0 Å². The summed E-state index contributed by atoms with van der Waals surface area (Å²) in [5, 5.41) is 7.19. The molecule has 0 saturated heterocycles. The average Bonchev–Trinajstić information content (AvgIpc) is 2.83. The molecule has 0 bridgehead atoms. The van der Waals surface area contributed by atoms with E-state index >= 15 is 0 Å². The van der Waals surface area contributed by atoms with E-state index in [1.807, 2.05) is 36.6 Å². The van der Waals surface area contributed by atoms with Crippen molar-refractivity contribution in [2.75, 3.05) is 13.2 Å². The Balaban J connectivity index is 2.50. The Morgan fingerprint density at radius 3 is 2.48 bits per heavy atom. The number of aromatic nitrogens is 3. The molecule has 0 spiro atoms. The van der Waals surface area contributed by atoms with E-state index in [1.54, 1.807) is 0 Å². The monoisotopic (exact) mass is 307 g/mol. The van der Waals surface area contributed by atoms with Crippen LogP contribution >= 0.6 is 12.2 Å². The van der Waals surface area contributed by atoms with E-state index in [0.717, 1.165) is 22.9 Å². The summed E-state index contributed by atoms with van der Waals surface area (Å²) in [6, 6.07) is 6.05. The lowest BCUT2D eigenvalue weighted by atomic mass is 10.1. The average molecular weight is 307 g/mol. The first-order valence-electron chi connectivity index (χ1n) is 7.15. The molecule has 0 amide bonds. The van der Waals surface area contributed by atoms with Crippen LogP contribution < -0.4 is 9.47 Å². The van der Waals surface area contributed by atoms with Gasteiger partial charge in [-0.25, -0.2) is 0 Å². The minimum atomic E-state index is 0.230. The fourth-order valence-electron chi connectivity index (χ4n) is 2.18. The van der Waals surface area contributed by atoms with Crippen LogP contribution in [-0.2, 0) is 0 Å². The van der Waals surface area contributed by atoms with Crippen molar-refractivity contribution in [3.8, 4) is 22.9 Å². The van der Waals surface area contributed by atoms with Gasteiger partial charge in [-0.05, 0) is 58.1 Å². The van der Waals surface area contributed by atoms with Gasteiger partial charge in [0.05, 0.1) is 13.2 Å². The molecule has 0 unspecified atom stereocenters. The highest BCUT2D eigenvalue weighted by Gasteiger charge is 2.14. The van der Waals surface area contributed by atoms with Crippen LogP contribution in [0.15, 0.2) is 18.2 Å². The molecule has 0 saturated carbocycles. The lowest BCUT2D eigenvalue weighted by Gasteiger charge is -2.14. The lowest BCUT2D eigenvalue weighted by Crippen LogP contribution is -2.04. The zero-order valence-corrected chi connectivity index (χ0v) is 13.7. The molecule has 6 heteroatoms. The Morgan fingerprint density at radius 2 is 1.86 bits per heavy atom. The number of nitrogens with zero attached hydrogens (tertiary/aromatic N) is 2. The summed E-state index contributed by atoms with van der Waals surface area (Å²) < 4.78 is 13.8. The molecule has 0 fully saturated rings. The van der Waals surface area contributed by atoms with Gasteiger partial charge < -0.3 is 9.47 Å². The summed E-state index contributed by atoms with van der Waals surface area (Å²) in [6.45, 7) is 9.24. The van der Waals surface area contributed by atoms with Crippen LogP contribution in [0.25, 0.3) is 11.4 Å². The third-order valence-electron chi connectivity index (χ3n) is 3.02. The second-order valence-electron chi connectivity index (χ2n) is 4.84. The van der Waals surface area contributed by atoms with Crippen molar-refractivity contribution in [1.29, 1.82) is 0 Å². The molecular formula is C15H21N3O2S. The van der Waals surface area contributed by atoms with Crippen molar-refractivity contribution in [1.82, 2.24) is 14.8 Å². The van der Waals surface area contributed by atoms with E-state index in [1.165, 1.54) is 0 Å². The molecule has 0 radical (unpaired) electrons.